The standard InChI is InChI=1S/C30H28F2N4O3/c1-30(2,17-33)36-28(37)20-7-4-6-19(14-20)22-15-23-25(16-24(22)35-13-5-12-31)39-27(26(23)29(38)34-3)18-8-10-21(32)11-9-18/h4,6-11,14-16,35H,5,12-13H2,1-3H3,(H,34,38)(H,36,37). The molecule has 4 aromatic rings. The van der Waals surface area contributed by atoms with Gasteiger partial charge in [0.05, 0.1) is 18.3 Å². The summed E-state index contributed by atoms with van der Waals surface area (Å²) in [5.41, 5.74) is 2.44. The smallest absolute Gasteiger partial charge is 0.255 e. The maximum absolute atomic E-state index is 13.6. The van der Waals surface area contributed by atoms with Crippen LogP contribution in [0.4, 0.5) is 14.5 Å². The monoisotopic (exact) mass is 530 g/mol. The Morgan fingerprint density at radius 3 is 2.44 bits per heavy atom. The van der Waals surface area contributed by atoms with Crippen molar-refractivity contribution in [3.05, 3.63) is 77.6 Å². The van der Waals surface area contributed by atoms with Crippen LogP contribution in [0.25, 0.3) is 33.4 Å². The van der Waals surface area contributed by atoms with Crippen molar-refractivity contribution in [2.45, 2.75) is 25.8 Å². The SMILES string of the molecule is CNC(=O)c1c(-c2ccc(F)cc2)oc2cc(NCCCF)c(-c3cccc(C(=O)NC(C)(C)C#N)c3)cc12. The van der Waals surface area contributed by atoms with E-state index in [0.717, 1.165) is 0 Å². The van der Waals surface area contributed by atoms with Crippen molar-refractivity contribution in [3.63, 3.8) is 0 Å². The molecule has 2 amide bonds. The molecule has 0 bridgehead atoms. The van der Waals surface area contributed by atoms with Gasteiger partial charge in [0.15, 0.2) is 0 Å². The predicted molar refractivity (Wildman–Crippen MR) is 147 cm³/mol. The summed E-state index contributed by atoms with van der Waals surface area (Å²) in [5.74, 6) is -0.934. The third-order valence-corrected chi connectivity index (χ3v) is 6.16. The Balaban J connectivity index is 1.90. The van der Waals surface area contributed by atoms with Crippen LogP contribution >= 0.6 is 0 Å². The molecule has 0 unspecified atom stereocenters. The van der Waals surface area contributed by atoms with Gasteiger partial charge in [-0.15, -0.1) is 0 Å². The lowest BCUT2D eigenvalue weighted by atomic mass is 9.96. The van der Waals surface area contributed by atoms with Crippen LogP contribution in [0.1, 0.15) is 41.0 Å². The molecule has 0 fully saturated rings. The number of fused-ring (bicyclic) bond motifs is 1. The third kappa shape index (κ3) is 5.91. The summed E-state index contributed by atoms with van der Waals surface area (Å²) in [6, 6.07) is 18.1. The number of hydrogen-bond donors (Lipinski definition) is 3. The fourth-order valence-electron chi connectivity index (χ4n) is 4.18. The highest BCUT2D eigenvalue weighted by Crippen LogP contribution is 2.40. The molecule has 0 aliphatic heterocycles. The van der Waals surface area contributed by atoms with Crippen LogP contribution in [0.2, 0.25) is 0 Å². The molecule has 1 heterocycles. The average molecular weight is 531 g/mol. The number of halogens is 2. The minimum Gasteiger partial charge on any atom is -0.455 e. The van der Waals surface area contributed by atoms with Crippen LogP contribution in [0.5, 0.6) is 0 Å². The lowest BCUT2D eigenvalue weighted by Crippen LogP contribution is -2.42. The van der Waals surface area contributed by atoms with Gasteiger partial charge in [-0.25, -0.2) is 4.39 Å². The van der Waals surface area contributed by atoms with Crippen molar-refractivity contribution < 1.29 is 22.8 Å². The zero-order chi connectivity index (χ0) is 28.2. The number of amides is 2. The Hall–Kier alpha value is -4.71. The number of nitrogens with one attached hydrogen (secondary N) is 3. The molecule has 0 aliphatic carbocycles. The molecule has 0 saturated carbocycles. The number of anilines is 1. The second-order valence-corrected chi connectivity index (χ2v) is 9.53. The zero-order valence-corrected chi connectivity index (χ0v) is 21.8. The summed E-state index contributed by atoms with van der Waals surface area (Å²) < 4.78 is 32.6. The fraction of sp³-hybridized carbons (Fsp3) is 0.233. The van der Waals surface area contributed by atoms with E-state index >= 15 is 0 Å². The van der Waals surface area contributed by atoms with E-state index in [-0.39, 0.29) is 23.7 Å². The first-order chi connectivity index (χ1) is 18.7. The molecule has 0 spiro atoms. The van der Waals surface area contributed by atoms with Crippen LogP contribution in [0, 0.1) is 17.1 Å². The van der Waals surface area contributed by atoms with Crippen LogP contribution in [-0.2, 0) is 0 Å². The molecule has 3 aromatic carbocycles. The number of nitrogens with zero attached hydrogens (tertiary/aromatic N) is 1. The van der Waals surface area contributed by atoms with Gasteiger partial charge in [0.2, 0.25) is 0 Å². The summed E-state index contributed by atoms with van der Waals surface area (Å²) in [6.45, 7) is 3.06. The number of furan rings is 1. The molecule has 9 heteroatoms. The first-order valence-corrected chi connectivity index (χ1v) is 12.4. The molecule has 4 rings (SSSR count). The first kappa shape index (κ1) is 27.3. The fourth-order valence-corrected chi connectivity index (χ4v) is 4.18. The number of nitriles is 1. The van der Waals surface area contributed by atoms with Gasteiger partial charge in [-0.3, -0.25) is 14.0 Å². The summed E-state index contributed by atoms with van der Waals surface area (Å²) in [7, 11) is 1.51. The van der Waals surface area contributed by atoms with Crippen LogP contribution in [0.3, 0.4) is 0 Å². The highest BCUT2D eigenvalue weighted by Gasteiger charge is 2.24. The highest BCUT2D eigenvalue weighted by atomic mass is 19.1. The zero-order valence-electron chi connectivity index (χ0n) is 21.8. The maximum Gasteiger partial charge on any atom is 0.255 e. The van der Waals surface area contributed by atoms with Gasteiger partial charge in [-0.1, -0.05) is 12.1 Å². The average Bonchev–Trinajstić information content (AvgIpc) is 3.31. The summed E-state index contributed by atoms with van der Waals surface area (Å²) >= 11 is 0. The van der Waals surface area contributed by atoms with E-state index in [0.29, 0.717) is 45.5 Å². The lowest BCUT2D eigenvalue weighted by Gasteiger charge is -2.18. The van der Waals surface area contributed by atoms with Gasteiger partial charge >= 0.3 is 0 Å². The van der Waals surface area contributed by atoms with Crippen molar-refractivity contribution in [2.75, 3.05) is 25.6 Å². The molecule has 3 N–H and O–H groups in total. The van der Waals surface area contributed by atoms with E-state index in [1.807, 2.05) is 12.1 Å². The number of rotatable bonds is 9. The van der Waals surface area contributed by atoms with Crippen LogP contribution in [-0.4, -0.2) is 37.6 Å². The minimum absolute atomic E-state index is 0.278. The third-order valence-electron chi connectivity index (χ3n) is 6.16. The normalized spacial score (nSPS) is 11.2. The van der Waals surface area contributed by atoms with Crippen molar-refractivity contribution in [1.29, 1.82) is 5.26 Å². The Morgan fingerprint density at radius 2 is 1.77 bits per heavy atom. The lowest BCUT2D eigenvalue weighted by molar-refractivity contribution is 0.0927. The molecule has 1 aromatic heterocycles. The molecular weight excluding hydrogens is 502 g/mol. The summed E-state index contributed by atoms with van der Waals surface area (Å²) in [5, 5.41) is 18.4. The molecular formula is C30H28F2N4O3. The Morgan fingerprint density at radius 1 is 1.03 bits per heavy atom. The second-order valence-electron chi connectivity index (χ2n) is 9.53. The van der Waals surface area contributed by atoms with Gasteiger partial charge < -0.3 is 20.4 Å². The first-order valence-electron chi connectivity index (χ1n) is 12.4. The Kier molecular flexibility index (Phi) is 7.96. The molecule has 0 saturated heterocycles. The summed E-state index contributed by atoms with van der Waals surface area (Å²) in [4.78, 5) is 25.9. The van der Waals surface area contributed by atoms with Gasteiger partial charge in [0, 0.05) is 47.4 Å². The molecule has 0 aliphatic rings. The van der Waals surface area contributed by atoms with E-state index in [1.54, 1.807) is 44.2 Å². The van der Waals surface area contributed by atoms with E-state index in [2.05, 4.69) is 16.0 Å². The number of carbonyl (C=O) groups is 2. The van der Waals surface area contributed by atoms with Crippen molar-refractivity contribution in [1.82, 2.24) is 10.6 Å². The van der Waals surface area contributed by atoms with Crippen LogP contribution in [0.15, 0.2) is 65.1 Å². The largest absolute Gasteiger partial charge is 0.455 e. The van der Waals surface area contributed by atoms with E-state index in [1.165, 1.54) is 31.3 Å². The number of benzene rings is 3. The number of carbonyl (C=O) groups excluding carboxylic acids is 2. The molecule has 39 heavy (non-hydrogen) atoms. The van der Waals surface area contributed by atoms with Gasteiger partial charge in [-0.05, 0) is 68.3 Å². The summed E-state index contributed by atoms with van der Waals surface area (Å²) in [6.07, 6.45) is 0.283. The number of hydrogen-bond acceptors (Lipinski definition) is 5. The van der Waals surface area contributed by atoms with Crippen molar-refractivity contribution >= 4 is 28.5 Å². The molecule has 7 nitrogen and oxygen atoms in total. The number of alkyl halides is 1. The minimum atomic E-state index is -1.05. The predicted octanol–water partition coefficient (Wildman–Crippen LogP) is 6.07. The Labute approximate surface area is 224 Å². The van der Waals surface area contributed by atoms with Gasteiger partial charge in [0.25, 0.3) is 11.8 Å². The topological polar surface area (TPSA) is 107 Å². The van der Waals surface area contributed by atoms with Crippen molar-refractivity contribution in [2.24, 2.45) is 0 Å². The second kappa shape index (κ2) is 11.4. The van der Waals surface area contributed by atoms with E-state index in [9.17, 15) is 23.6 Å². The maximum atomic E-state index is 13.6. The molecule has 200 valence electrons. The quantitative estimate of drug-likeness (QED) is 0.228. The van der Waals surface area contributed by atoms with Crippen molar-refractivity contribution in [3.8, 4) is 28.5 Å². The Bertz CT molecular complexity index is 1570. The van der Waals surface area contributed by atoms with Crippen LogP contribution < -0.4 is 16.0 Å². The molecule has 0 atom stereocenters. The highest BCUT2D eigenvalue weighted by molar-refractivity contribution is 6.13. The van der Waals surface area contributed by atoms with Gasteiger partial charge in [0.1, 0.15) is 22.7 Å². The van der Waals surface area contributed by atoms with Gasteiger partial charge in [-0.2, -0.15) is 5.26 Å². The van der Waals surface area contributed by atoms with E-state index in [4.69, 9.17) is 4.42 Å². The van der Waals surface area contributed by atoms with E-state index < -0.39 is 23.9 Å². The molecule has 0 radical (unpaired) electrons.